The zero-order valence-corrected chi connectivity index (χ0v) is 24.4. The minimum atomic E-state index is -5.15. The molecule has 250 valence electrons. The fourth-order valence-electron chi connectivity index (χ4n) is 5.77. The smallest absolute Gasteiger partial charge is 0.444 e. The number of rotatable bonds is 5. The van der Waals surface area contributed by atoms with Crippen molar-refractivity contribution < 1.29 is 54.1 Å². The van der Waals surface area contributed by atoms with Crippen LogP contribution in [0.15, 0.2) is 6.07 Å². The molecule has 1 aromatic carbocycles. The van der Waals surface area contributed by atoms with E-state index in [0.717, 1.165) is 6.92 Å². The fourth-order valence-corrected chi connectivity index (χ4v) is 5.77. The van der Waals surface area contributed by atoms with E-state index in [1.807, 2.05) is 0 Å². The summed E-state index contributed by atoms with van der Waals surface area (Å²) in [5, 5.41) is 5.96. The van der Waals surface area contributed by atoms with Gasteiger partial charge in [-0.25, -0.2) is 13.8 Å². The highest BCUT2D eigenvalue weighted by Crippen LogP contribution is 2.64. The van der Waals surface area contributed by atoms with Crippen LogP contribution in [-0.2, 0) is 15.7 Å². The molecule has 1 saturated heterocycles. The summed E-state index contributed by atoms with van der Waals surface area (Å²) in [6.07, 6.45) is -10.1. The van der Waals surface area contributed by atoms with Crippen LogP contribution in [0.2, 0.25) is 0 Å². The van der Waals surface area contributed by atoms with E-state index in [0.29, 0.717) is 25.6 Å². The SMILES string of the molecule is Cc1c(F)c(N)cc(-c2nc3c4c(nc(OCC5(C6(C(F)(F)F)OCO6)CC5)nc4c2F)NCCNCC[C@H](C)O3)c1C(F)(F)F. The molecule has 1 aliphatic carbocycles. The van der Waals surface area contributed by atoms with E-state index in [4.69, 9.17) is 24.7 Å². The summed E-state index contributed by atoms with van der Waals surface area (Å²) in [6, 6.07) is 0.0407. The van der Waals surface area contributed by atoms with Crippen molar-refractivity contribution in [2.45, 2.75) is 57.4 Å². The van der Waals surface area contributed by atoms with Gasteiger partial charge in [0, 0.05) is 18.7 Å². The number of pyridine rings is 1. The maximum atomic E-state index is 16.5. The average molecular weight is 665 g/mol. The molecule has 0 spiro atoms. The van der Waals surface area contributed by atoms with Crippen molar-refractivity contribution in [2.75, 3.05) is 44.1 Å². The van der Waals surface area contributed by atoms with Crippen LogP contribution >= 0.6 is 0 Å². The van der Waals surface area contributed by atoms with Crippen molar-refractivity contribution in [1.29, 1.82) is 0 Å². The molecular formula is C28H28F8N6O4. The molecule has 0 unspecified atom stereocenters. The van der Waals surface area contributed by atoms with Gasteiger partial charge in [-0.05, 0) is 51.3 Å². The molecule has 18 heteroatoms. The summed E-state index contributed by atoms with van der Waals surface area (Å²) in [6.45, 7) is 2.43. The number of nitrogens with one attached hydrogen (secondary N) is 2. The summed E-state index contributed by atoms with van der Waals surface area (Å²) in [5.74, 6) is -6.04. The number of aromatic nitrogens is 3. The monoisotopic (exact) mass is 664 g/mol. The van der Waals surface area contributed by atoms with Crippen molar-refractivity contribution in [3.05, 3.63) is 28.8 Å². The van der Waals surface area contributed by atoms with E-state index < -0.39 is 94.3 Å². The molecule has 0 amide bonds. The number of hydrogen-bond acceptors (Lipinski definition) is 10. The zero-order valence-electron chi connectivity index (χ0n) is 24.4. The molecule has 3 aromatic rings. The Hall–Kier alpha value is -3.77. The lowest BCUT2D eigenvalue weighted by Gasteiger charge is -2.47. The summed E-state index contributed by atoms with van der Waals surface area (Å²) in [4.78, 5) is 12.5. The van der Waals surface area contributed by atoms with Crippen molar-refractivity contribution in [3.8, 4) is 23.1 Å². The van der Waals surface area contributed by atoms with E-state index in [2.05, 4.69) is 25.6 Å². The molecule has 1 saturated carbocycles. The van der Waals surface area contributed by atoms with Gasteiger partial charge in [-0.1, -0.05) is 0 Å². The third-order valence-corrected chi connectivity index (χ3v) is 8.36. The van der Waals surface area contributed by atoms with Crippen molar-refractivity contribution >= 4 is 22.4 Å². The van der Waals surface area contributed by atoms with Gasteiger partial charge in [0.25, 0.3) is 5.79 Å². The first-order valence-corrected chi connectivity index (χ1v) is 14.2. The summed E-state index contributed by atoms with van der Waals surface area (Å²) < 4.78 is 137. The first kappa shape index (κ1) is 32.2. The maximum absolute atomic E-state index is 16.5. The molecule has 3 aliphatic rings. The van der Waals surface area contributed by atoms with Gasteiger partial charge in [0.15, 0.2) is 12.6 Å². The Morgan fingerprint density at radius 2 is 1.74 bits per heavy atom. The third kappa shape index (κ3) is 5.29. The summed E-state index contributed by atoms with van der Waals surface area (Å²) >= 11 is 0. The van der Waals surface area contributed by atoms with Gasteiger partial charge in [0.05, 0.1) is 22.8 Å². The van der Waals surface area contributed by atoms with E-state index in [-0.39, 0.29) is 36.5 Å². The Bertz CT molecular complexity index is 1680. The number of anilines is 2. The van der Waals surface area contributed by atoms with Crippen molar-refractivity contribution in [3.63, 3.8) is 0 Å². The van der Waals surface area contributed by atoms with Crippen LogP contribution in [0.4, 0.5) is 46.6 Å². The van der Waals surface area contributed by atoms with Crippen LogP contribution < -0.4 is 25.8 Å². The largest absolute Gasteiger partial charge is 0.474 e. The lowest BCUT2D eigenvalue weighted by Crippen LogP contribution is -2.65. The van der Waals surface area contributed by atoms with Gasteiger partial charge >= 0.3 is 18.4 Å². The van der Waals surface area contributed by atoms with Gasteiger partial charge in [0.1, 0.15) is 34.8 Å². The lowest BCUT2D eigenvalue weighted by molar-refractivity contribution is -0.509. The highest BCUT2D eigenvalue weighted by Gasteiger charge is 2.78. The Labute approximate surface area is 256 Å². The maximum Gasteiger partial charge on any atom is 0.444 e. The second-order valence-corrected chi connectivity index (χ2v) is 11.5. The molecule has 10 nitrogen and oxygen atoms in total. The number of halogens is 8. The first-order valence-electron chi connectivity index (χ1n) is 14.2. The average Bonchev–Trinajstić information content (AvgIpc) is 3.72. The third-order valence-electron chi connectivity index (χ3n) is 8.36. The van der Waals surface area contributed by atoms with Crippen molar-refractivity contribution in [2.24, 2.45) is 5.41 Å². The Kier molecular flexibility index (Phi) is 7.83. The molecule has 4 heterocycles. The Balaban J connectivity index is 1.53. The number of nitrogens with two attached hydrogens (primary N) is 1. The molecule has 2 fully saturated rings. The molecule has 46 heavy (non-hydrogen) atoms. The standard InChI is InChI=1S/C28H28F8N6O4/c1-12-3-6-38-7-8-39-22-16-21(41-24(42-22)43-10-25(4-5-25)27(28(34,35)36)44-11-45-27)19(30)20(40-23(16)46-12)14-9-15(37)18(29)13(2)17(14)26(31,32)33/h9,12,38H,3-8,10-11,37H2,1-2H3,(H,39,41,42)/t12-/m0/s1. The normalized spacial score (nSPS) is 21.0. The van der Waals surface area contributed by atoms with E-state index in [1.54, 1.807) is 6.92 Å². The van der Waals surface area contributed by atoms with Gasteiger partial charge in [-0.15, -0.1) is 0 Å². The van der Waals surface area contributed by atoms with Crippen LogP contribution in [0, 0.1) is 24.0 Å². The zero-order chi connectivity index (χ0) is 33.2. The molecule has 0 radical (unpaired) electrons. The van der Waals surface area contributed by atoms with Crippen LogP contribution in [0.5, 0.6) is 11.9 Å². The lowest BCUT2D eigenvalue weighted by atomic mass is 9.94. The quantitative estimate of drug-likeness (QED) is 0.239. The highest BCUT2D eigenvalue weighted by molar-refractivity contribution is 5.96. The molecular weight excluding hydrogens is 636 g/mol. The van der Waals surface area contributed by atoms with Crippen LogP contribution in [0.25, 0.3) is 22.2 Å². The Morgan fingerprint density at radius 3 is 2.35 bits per heavy atom. The predicted octanol–water partition coefficient (Wildman–Crippen LogP) is 5.47. The second kappa shape index (κ2) is 11.2. The molecule has 6 rings (SSSR count). The molecule has 1 atom stereocenters. The van der Waals surface area contributed by atoms with Crippen LogP contribution in [0.1, 0.15) is 37.3 Å². The number of alkyl halides is 6. The summed E-state index contributed by atoms with van der Waals surface area (Å²) in [5.41, 5.74) is -1.40. The van der Waals surface area contributed by atoms with Crippen molar-refractivity contribution in [1.82, 2.24) is 20.3 Å². The first-order chi connectivity index (χ1) is 21.6. The molecule has 2 aromatic heterocycles. The van der Waals surface area contributed by atoms with Crippen LogP contribution in [0.3, 0.4) is 0 Å². The number of ether oxygens (including phenoxy) is 4. The molecule has 4 N–H and O–H groups in total. The van der Waals surface area contributed by atoms with Gasteiger partial charge < -0.3 is 35.3 Å². The number of hydrogen-bond donors (Lipinski definition) is 3. The highest BCUT2D eigenvalue weighted by atomic mass is 19.4. The Morgan fingerprint density at radius 1 is 1.02 bits per heavy atom. The fraction of sp³-hybridized carbons (Fsp3) is 0.536. The number of benzene rings is 1. The molecule has 2 aliphatic heterocycles. The molecule has 0 bridgehead atoms. The van der Waals surface area contributed by atoms with Gasteiger partial charge in [-0.2, -0.15) is 36.3 Å². The summed E-state index contributed by atoms with van der Waals surface area (Å²) in [7, 11) is 0. The minimum absolute atomic E-state index is 0.0285. The minimum Gasteiger partial charge on any atom is -0.474 e. The van der Waals surface area contributed by atoms with E-state index in [1.165, 1.54) is 0 Å². The second-order valence-electron chi connectivity index (χ2n) is 11.5. The predicted molar refractivity (Wildman–Crippen MR) is 146 cm³/mol. The van der Waals surface area contributed by atoms with E-state index >= 15 is 4.39 Å². The van der Waals surface area contributed by atoms with Gasteiger partial charge in [0.2, 0.25) is 5.88 Å². The van der Waals surface area contributed by atoms with E-state index in [9.17, 15) is 30.7 Å². The van der Waals surface area contributed by atoms with Gasteiger partial charge in [-0.3, -0.25) is 0 Å². The number of nitrogen functional groups attached to an aromatic ring is 1. The topological polar surface area (TPSA) is 126 Å². The van der Waals surface area contributed by atoms with Crippen LogP contribution in [-0.4, -0.2) is 66.1 Å². The number of nitrogens with zero attached hydrogens (tertiary/aromatic N) is 3.